The van der Waals surface area contributed by atoms with Crippen LogP contribution in [0.3, 0.4) is 0 Å². The molecule has 9 nitrogen and oxygen atoms in total. The van der Waals surface area contributed by atoms with Crippen LogP contribution in [0.5, 0.6) is 11.5 Å². The summed E-state index contributed by atoms with van der Waals surface area (Å²) < 4.78 is 5.16. The molecule has 27 heavy (non-hydrogen) atoms. The van der Waals surface area contributed by atoms with Crippen molar-refractivity contribution in [3.05, 3.63) is 29.5 Å². The number of hydrogen-bond acceptors (Lipinski definition) is 8. The quantitative estimate of drug-likeness (QED) is 0.407. The number of nitrogens with zero attached hydrogens (tertiary/aromatic N) is 3. The van der Waals surface area contributed by atoms with E-state index in [4.69, 9.17) is 10.5 Å². The first-order valence-electron chi connectivity index (χ1n) is 8.83. The molecule has 0 amide bonds. The van der Waals surface area contributed by atoms with Crippen molar-refractivity contribution in [2.75, 3.05) is 30.8 Å². The molecule has 2 heterocycles. The van der Waals surface area contributed by atoms with Gasteiger partial charge in [-0.15, -0.1) is 0 Å². The number of rotatable bonds is 8. The zero-order valence-corrected chi connectivity index (χ0v) is 15.7. The molecule has 0 aliphatic heterocycles. The summed E-state index contributed by atoms with van der Waals surface area (Å²) in [6, 6.07) is 5.35. The average molecular weight is 371 g/mol. The summed E-state index contributed by atoms with van der Waals surface area (Å²) in [5.41, 5.74) is 8.62. The van der Waals surface area contributed by atoms with Gasteiger partial charge in [0.05, 0.1) is 12.8 Å². The molecular weight excluding hydrogens is 346 g/mol. The molecule has 0 saturated heterocycles. The number of aromatic hydroxyl groups is 1. The Balaban J connectivity index is 1.95. The maximum Gasteiger partial charge on any atom is 0.225 e. The van der Waals surface area contributed by atoms with Gasteiger partial charge in [-0.05, 0) is 12.0 Å². The number of fused-ring (bicyclic) bond motifs is 1. The SMILES string of the molecule is COc1cccc(CNc2nc(NCCN)nc3c(C(C)C)[nH]nc23)c1O. The fraction of sp³-hybridized carbons (Fsp3) is 0.389. The molecule has 144 valence electrons. The zero-order chi connectivity index (χ0) is 19.4. The summed E-state index contributed by atoms with van der Waals surface area (Å²) in [6.45, 7) is 5.54. The van der Waals surface area contributed by atoms with Gasteiger partial charge in [0, 0.05) is 25.2 Å². The molecule has 0 unspecified atom stereocenters. The number of phenolic OH excluding ortho intramolecular Hbond substituents is 1. The van der Waals surface area contributed by atoms with Gasteiger partial charge in [-0.3, -0.25) is 5.10 Å². The van der Waals surface area contributed by atoms with E-state index in [9.17, 15) is 5.11 Å². The van der Waals surface area contributed by atoms with Crippen molar-refractivity contribution in [3.8, 4) is 11.5 Å². The normalized spacial score (nSPS) is 11.1. The number of H-pyrrole nitrogens is 1. The lowest BCUT2D eigenvalue weighted by atomic mass is 10.1. The van der Waals surface area contributed by atoms with E-state index in [0.29, 0.717) is 48.2 Å². The molecule has 0 aliphatic carbocycles. The van der Waals surface area contributed by atoms with Gasteiger partial charge >= 0.3 is 0 Å². The molecule has 0 saturated carbocycles. The Kier molecular flexibility index (Phi) is 5.60. The van der Waals surface area contributed by atoms with Crippen molar-refractivity contribution >= 4 is 22.8 Å². The maximum absolute atomic E-state index is 10.3. The van der Waals surface area contributed by atoms with Crippen LogP contribution in [0.1, 0.15) is 31.0 Å². The van der Waals surface area contributed by atoms with Crippen LogP contribution in [0.15, 0.2) is 18.2 Å². The van der Waals surface area contributed by atoms with E-state index in [0.717, 1.165) is 11.2 Å². The summed E-state index contributed by atoms with van der Waals surface area (Å²) in [5.74, 6) is 1.82. The van der Waals surface area contributed by atoms with Crippen molar-refractivity contribution in [2.24, 2.45) is 5.73 Å². The van der Waals surface area contributed by atoms with E-state index in [1.165, 1.54) is 7.11 Å². The van der Waals surface area contributed by atoms with E-state index in [1.807, 2.05) is 12.1 Å². The number of ether oxygens (including phenoxy) is 1. The Hall–Kier alpha value is -3.07. The third kappa shape index (κ3) is 3.87. The van der Waals surface area contributed by atoms with Crippen LogP contribution < -0.4 is 21.1 Å². The van der Waals surface area contributed by atoms with Crippen LogP contribution in [0.4, 0.5) is 11.8 Å². The third-order valence-corrected chi connectivity index (χ3v) is 4.18. The van der Waals surface area contributed by atoms with E-state index >= 15 is 0 Å². The van der Waals surface area contributed by atoms with Crippen molar-refractivity contribution in [2.45, 2.75) is 26.3 Å². The number of nitrogens with two attached hydrogens (primary N) is 1. The highest BCUT2D eigenvalue weighted by atomic mass is 16.5. The second kappa shape index (κ2) is 8.09. The highest BCUT2D eigenvalue weighted by Crippen LogP contribution is 2.31. The van der Waals surface area contributed by atoms with Crippen molar-refractivity contribution in [1.82, 2.24) is 20.2 Å². The van der Waals surface area contributed by atoms with Crippen LogP contribution in [-0.2, 0) is 6.54 Å². The van der Waals surface area contributed by atoms with E-state index in [1.54, 1.807) is 6.07 Å². The van der Waals surface area contributed by atoms with Gasteiger partial charge in [0.15, 0.2) is 22.8 Å². The number of anilines is 2. The lowest BCUT2D eigenvalue weighted by Gasteiger charge is -2.12. The van der Waals surface area contributed by atoms with Crippen LogP contribution in [0.25, 0.3) is 11.0 Å². The van der Waals surface area contributed by atoms with Gasteiger partial charge in [0.2, 0.25) is 5.95 Å². The Morgan fingerprint density at radius 2 is 2.04 bits per heavy atom. The monoisotopic (exact) mass is 371 g/mol. The molecular formula is C18H25N7O2. The van der Waals surface area contributed by atoms with E-state index in [2.05, 4.69) is 44.6 Å². The van der Waals surface area contributed by atoms with Crippen molar-refractivity contribution in [1.29, 1.82) is 0 Å². The fourth-order valence-corrected chi connectivity index (χ4v) is 2.76. The van der Waals surface area contributed by atoms with Crippen molar-refractivity contribution < 1.29 is 9.84 Å². The number of benzene rings is 1. The van der Waals surface area contributed by atoms with E-state index < -0.39 is 0 Å². The number of methoxy groups -OCH3 is 1. The second-order valence-corrected chi connectivity index (χ2v) is 6.42. The Morgan fingerprint density at radius 1 is 1.22 bits per heavy atom. The van der Waals surface area contributed by atoms with Crippen LogP contribution in [-0.4, -0.2) is 45.5 Å². The van der Waals surface area contributed by atoms with Crippen molar-refractivity contribution in [3.63, 3.8) is 0 Å². The average Bonchev–Trinajstić information content (AvgIpc) is 3.09. The summed E-state index contributed by atoms with van der Waals surface area (Å²) in [5, 5.41) is 24.1. The molecule has 6 N–H and O–H groups in total. The minimum atomic E-state index is 0.101. The second-order valence-electron chi connectivity index (χ2n) is 6.42. The number of hydrogen-bond donors (Lipinski definition) is 5. The first kappa shape index (κ1) is 18.7. The molecule has 2 aromatic heterocycles. The lowest BCUT2D eigenvalue weighted by Crippen LogP contribution is -2.15. The highest BCUT2D eigenvalue weighted by molar-refractivity contribution is 5.88. The predicted octanol–water partition coefficient (Wildman–Crippen LogP) is 2.17. The smallest absolute Gasteiger partial charge is 0.225 e. The molecule has 0 radical (unpaired) electrons. The minimum Gasteiger partial charge on any atom is -0.504 e. The Morgan fingerprint density at radius 3 is 2.74 bits per heavy atom. The zero-order valence-electron chi connectivity index (χ0n) is 15.7. The molecule has 3 rings (SSSR count). The van der Waals surface area contributed by atoms with Crippen LogP contribution in [0.2, 0.25) is 0 Å². The fourth-order valence-electron chi connectivity index (χ4n) is 2.76. The molecule has 3 aromatic rings. The molecule has 0 spiro atoms. The van der Waals surface area contributed by atoms with Gasteiger partial charge in [0.1, 0.15) is 5.52 Å². The van der Waals surface area contributed by atoms with E-state index in [-0.39, 0.29) is 11.7 Å². The summed E-state index contributed by atoms with van der Waals surface area (Å²) >= 11 is 0. The van der Waals surface area contributed by atoms with Gasteiger partial charge in [-0.1, -0.05) is 26.0 Å². The highest BCUT2D eigenvalue weighted by Gasteiger charge is 2.17. The predicted molar refractivity (Wildman–Crippen MR) is 105 cm³/mol. The summed E-state index contributed by atoms with van der Waals surface area (Å²) in [6.07, 6.45) is 0. The number of para-hydroxylation sites is 1. The Labute approximate surface area is 157 Å². The van der Waals surface area contributed by atoms with Crippen LogP contribution in [0, 0.1) is 0 Å². The number of aromatic nitrogens is 4. The van der Waals surface area contributed by atoms with Gasteiger partial charge < -0.3 is 26.2 Å². The number of nitrogens with one attached hydrogen (secondary N) is 3. The summed E-state index contributed by atoms with van der Waals surface area (Å²) in [4.78, 5) is 9.09. The first-order valence-corrected chi connectivity index (χ1v) is 8.83. The number of aromatic amines is 1. The molecule has 1 aromatic carbocycles. The molecule has 0 aliphatic rings. The van der Waals surface area contributed by atoms with Gasteiger partial charge in [0.25, 0.3) is 0 Å². The topological polar surface area (TPSA) is 134 Å². The van der Waals surface area contributed by atoms with Crippen LogP contribution >= 0.6 is 0 Å². The number of phenols is 1. The van der Waals surface area contributed by atoms with Gasteiger partial charge in [-0.2, -0.15) is 10.1 Å². The molecule has 0 bridgehead atoms. The largest absolute Gasteiger partial charge is 0.504 e. The molecule has 0 atom stereocenters. The molecule has 9 heteroatoms. The third-order valence-electron chi connectivity index (χ3n) is 4.18. The summed E-state index contributed by atoms with van der Waals surface area (Å²) in [7, 11) is 1.52. The first-order chi connectivity index (χ1) is 13.0. The lowest BCUT2D eigenvalue weighted by molar-refractivity contribution is 0.371. The Bertz CT molecular complexity index is 923. The standard InChI is InChI=1S/C18H25N7O2/c1-10(2)13-14-15(25-24-13)17(23-18(22-14)20-8-7-19)21-9-11-5-4-6-12(27-3)16(11)26/h4-6,10,26H,7-9,19H2,1-3H3,(H,24,25)(H2,20,21,22,23). The molecule has 0 fully saturated rings. The van der Waals surface area contributed by atoms with Gasteiger partial charge in [-0.25, -0.2) is 4.98 Å². The maximum atomic E-state index is 10.3. The minimum absolute atomic E-state index is 0.101.